The van der Waals surface area contributed by atoms with Gasteiger partial charge in [0.05, 0.1) is 17.6 Å². The Hall–Kier alpha value is -2.59. The van der Waals surface area contributed by atoms with Crippen molar-refractivity contribution in [3.8, 4) is 0 Å². The van der Waals surface area contributed by atoms with Crippen molar-refractivity contribution in [2.24, 2.45) is 0 Å². The maximum absolute atomic E-state index is 12.3. The number of rotatable bonds is 5. The van der Waals surface area contributed by atoms with E-state index in [9.17, 15) is 4.79 Å². The normalized spacial score (nSPS) is 10.8. The quantitative estimate of drug-likeness (QED) is 0.708. The van der Waals surface area contributed by atoms with Crippen LogP contribution in [0.25, 0.3) is 11.0 Å². The highest BCUT2D eigenvalue weighted by molar-refractivity contribution is 6.30. The molecule has 0 bridgehead atoms. The SMILES string of the molecule is C=C(C)Cn1c(CNC(=O)c2cccc(Cl)c2)nc2ccccc21. The van der Waals surface area contributed by atoms with E-state index in [4.69, 9.17) is 11.6 Å². The second-order valence-electron chi connectivity index (χ2n) is 5.75. The predicted octanol–water partition coefficient (Wildman–Crippen LogP) is 4.20. The molecule has 3 aromatic rings. The average Bonchev–Trinajstić information content (AvgIpc) is 2.90. The van der Waals surface area contributed by atoms with Crippen molar-refractivity contribution in [1.29, 1.82) is 0 Å². The molecule has 3 rings (SSSR count). The summed E-state index contributed by atoms with van der Waals surface area (Å²) < 4.78 is 2.08. The zero-order valence-electron chi connectivity index (χ0n) is 13.4. The van der Waals surface area contributed by atoms with Gasteiger partial charge in [0.25, 0.3) is 5.91 Å². The first-order chi connectivity index (χ1) is 11.5. The summed E-state index contributed by atoms with van der Waals surface area (Å²) in [6.07, 6.45) is 0. The molecule has 2 aromatic carbocycles. The van der Waals surface area contributed by atoms with Gasteiger partial charge in [-0.2, -0.15) is 0 Å². The molecule has 1 aromatic heterocycles. The topological polar surface area (TPSA) is 46.9 Å². The molecule has 0 unspecified atom stereocenters. The molecule has 1 N–H and O–H groups in total. The fourth-order valence-electron chi connectivity index (χ4n) is 2.60. The monoisotopic (exact) mass is 339 g/mol. The Morgan fingerprint density at radius 1 is 1.25 bits per heavy atom. The second-order valence-corrected chi connectivity index (χ2v) is 6.19. The Labute approximate surface area is 145 Å². The minimum Gasteiger partial charge on any atom is -0.345 e. The first-order valence-corrected chi connectivity index (χ1v) is 8.04. The summed E-state index contributed by atoms with van der Waals surface area (Å²) in [5.41, 5.74) is 3.50. The van der Waals surface area contributed by atoms with Crippen LogP contribution in [0.15, 0.2) is 60.7 Å². The lowest BCUT2D eigenvalue weighted by molar-refractivity contribution is 0.0949. The van der Waals surface area contributed by atoms with Crippen LogP contribution >= 0.6 is 11.6 Å². The van der Waals surface area contributed by atoms with E-state index in [1.165, 1.54) is 0 Å². The van der Waals surface area contributed by atoms with E-state index in [-0.39, 0.29) is 5.91 Å². The van der Waals surface area contributed by atoms with E-state index >= 15 is 0 Å². The molecule has 1 amide bonds. The van der Waals surface area contributed by atoms with E-state index in [0.717, 1.165) is 22.4 Å². The van der Waals surface area contributed by atoms with Gasteiger partial charge in [-0.1, -0.05) is 42.0 Å². The smallest absolute Gasteiger partial charge is 0.251 e. The van der Waals surface area contributed by atoms with Crippen LogP contribution in [0.1, 0.15) is 23.1 Å². The van der Waals surface area contributed by atoms with Crippen LogP contribution in [0.2, 0.25) is 5.02 Å². The molecular weight excluding hydrogens is 322 g/mol. The molecule has 0 saturated carbocycles. The lowest BCUT2D eigenvalue weighted by Crippen LogP contribution is -2.24. The van der Waals surface area contributed by atoms with Crippen LogP contribution < -0.4 is 5.32 Å². The number of fused-ring (bicyclic) bond motifs is 1. The fourth-order valence-corrected chi connectivity index (χ4v) is 2.79. The highest BCUT2D eigenvalue weighted by Gasteiger charge is 2.12. The number of carbonyl (C=O) groups is 1. The third-order valence-electron chi connectivity index (χ3n) is 3.66. The highest BCUT2D eigenvalue weighted by Crippen LogP contribution is 2.17. The summed E-state index contributed by atoms with van der Waals surface area (Å²) in [6, 6.07) is 14.8. The molecule has 0 fully saturated rings. The van der Waals surface area contributed by atoms with Crippen LogP contribution in [-0.2, 0) is 13.1 Å². The zero-order chi connectivity index (χ0) is 17.1. The van der Waals surface area contributed by atoms with Crippen LogP contribution in [0, 0.1) is 0 Å². The molecule has 0 spiro atoms. The number of hydrogen-bond donors (Lipinski definition) is 1. The summed E-state index contributed by atoms with van der Waals surface area (Å²) >= 11 is 5.94. The van der Waals surface area contributed by atoms with Crippen LogP contribution in [0.5, 0.6) is 0 Å². The van der Waals surface area contributed by atoms with Gasteiger partial charge in [0.2, 0.25) is 0 Å². The molecular formula is C19H18ClN3O. The van der Waals surface area contributed by atoms with Crippen molar-refractivity contribution in [2.45, 2.75) is 20.0 Å². The number of hydrogen-bond acceptors (Lipinski definition) is 2. The Morgan fingerprint density at radius 3 is 2.79 bits per heavy atom. The van der Waals surface area contributed by atoms with Crippen molar-refractivity contribution in [1.82, 2.24) is 14.9 Å². The third kappa shape index (κ3) is 3.49. The second kappa shape index (κ2) is 6.89. The van der Waals surface area contributed by atoms with Gasteiger partial charge in [0.1, 0.15) is 5.82 Å². The first kappa shape index (κ1) is 16.3. The number of aromatic nitrogens is 2. The van der Waals surface area contributed by atoms with E-state index in [0.29, 0.717) is 23.7 Å². The summed E-state index contributed by atoms with van der Waals surface area (Å²) in [7, 11) is 0. The van der Waals surface area contributed by atoms with Crippen molar-refractivity contribution in [3.05, 3.63) is 77.1 Å². The Balaban J connectivity index is 1.84. The number of imidazole rings is 1. The van der Waals surface area contributed by atoms with Crippen LogP contribution in [0.3, 0.4) is 0 Å². The van der Waals surface area contributed by atoms with Crippen molar-refractivity contribution in [2.75, 3.05) is 0 Å². The number of allylic oxidation sites excluding steroid dienone is 1. The first-order valence-electron chi connectivity index (χ1n) is 7.67. The van der Waals surface area contributed by atoms with Crippen molar-refractivity contribution in [3.63, 3.8) is 0 Å². The summed E-state index contributed by atoms with van der Waals surface area (Å²) in [5, 5.41) is 3.45. The van der Waals surface area contributed by atoms with Gasteiger partial charge >= 0.3 is 0 Å². The van der Waals surface area contributed by atoms with Gasteiger partial charge in [0, 0.05) is 17.1 Å². The lowest BCUT2D eigenvalue weighted by Gasteiger charge is -2.10. The minimum absolute atomic E-state index is 0.175. The number of amides is 1. The third-order valence-corrected chi connectivity index (χ3v) is 3.89. The van der Waals surface area contributed by atoms with Crippen LogP contribution in [-0.4, -0.2) is 15.5 Å². The zero-order valence-corrected chi connectivity index (χ0v) is 14.2. The number of nitrogens with zero attached hydrogens (tertiary/aromatic N) is 2. The molecule has 0 aliphatic rings. The minimum atomic E-state index is -0.175. The molecule has 1 heterocycles. The average molecular weight is 340 g/mol. The number of carbonyl (C=O) groups excluding carboxylic acids is 1. The Morgan fingerprint density at radius 2 is 2.04 bits per heavy atom. The van der Waals surface area contributed by atoms with E-state index in [1.54, 1.807) is 24.3 Å². The molecule has 0 saturated heterocycles. The number of para-hydroxylation sites is 2. The van der Waals surface area contributed by atoms with Gasteiger partial charge in [0.15, 0.2) is 0 Å². The predicted molar refractivity (Wildman–Crippen MR) is 97.2 cm³/mol. The fraction of sp³-hybridized carbons (Fsp3) is 0.158. The molecule has 0 aliphatic carbocycles. The molecule has 0 aliphatic heterocycles. The largest absolute Gasteiger partial charge is 0.345 e. The van der Waals surface area contributed by atoms with Gasteiger partial charge in [-0.25, -0.2) is 4.98 Å². The summed E-state index contributed by atoms with van der Waals surface area (Å²) in [5.74, 6) is 0.626. The van der Waals surface area contributed by atoms with Gasteiger partial charge in [-0.3, -0.25) is 4.79 Å². The van der Waals surface area contributed by atoms with E-state index in [1.807, 2.05) is 31.2 Å². The molecule has 5 heteroatoms. The Kier molecular flexibility index (Phi) is 4.67. The number of benzene rings is 2. The van der Waals surface area contributed by atoms with Crippen molar-refractivity contribution < 1.29 is 4.79 Å². The molecule has 24 heavy (non-hydrogen) atoms. The lowest BCUT2D eigenvalue weighted by atomic mass is 10.2. The maximum Gasteiger partial charge on any atom is 0.251 e. The van der Waals surface area contributed by atoms with E-state index < -0.39 is 0 Å². The molecule has 4 nitrogen and oxygen atoms in total. The Bertz CT molecular complexity index is 914. The highest BCUT2D eigenvalue weighted by atomic mass is 35.5. The van der Waals surface area contributed by atoms with Crippen molar-refractivity contribution >= 4 is 28.5 Å². The maximum atomic E-state index is 12.3. The van der Waals surface area contributed by atoms with E-state index in [2.05, 4.69) is 21.4 Å². The summed E-state index contributed by atoms with van der Waals surface area (Å²) in [6.45, 7) is 6.97. The van der Waals surface area contributed by atoms with Crippen LogP contribution in [0.4, 0.5) is 0 Å². The molecule has 122 valence electrons. The molecule has 0 radical (unpaired) electrons. The number of halogens is 1. The molecule has 0 atom stereocenters. The summed E-state index contributed by atoms with van der Waals surface area (Å²) in [4.78, 5) is 16.9. The standard InChI is InChI=1S/C19H18ClN3O/c1-13(2)12-23-17-9-4-3-8-16(17)22-18(23)11-21-19(24)14-6-5-7-15(20)10-14/h3-10H,1,11-12H2,2H3,(H,21,24). The van der Waals surface area contributed by atoms with Gasteiger partial charge in [-0.05, 0) is 37.3 Å². The van der Waals surface area contributed by atoms with Gasteiger partial charge < -0.3 is 9.88 Å². The van der Waals surface area contributed by atoms with Gasteiger partial charge in [-0.15, -0.1) is 0 Å². The number of nitrogens with one attached hydrogen (secondary N) is 1.